The smallest absolute Gasteiger partial charge is 0.283 e. The van der Waals surface area contributed by atoms with Crippen molar-refractivity contribution in [3.63, 3.8) is 0 Å². The van der Waals surface area contributed by atoms with Crippen molar-refractivity contribution in [1.82, 2.24) is 0 Å². The molecule has 3 aromatic carbocycles. The van der Waals surface area contributed by atoms with Crippen molar-refractivity contribution in [2.24, 2.45) is 0 Å². The summed E-state index contributed by atoms with van der Waals surface area (Å²) in [6.45, 7) is 1.82. The van der Waals surface area contributed by atoms with Gasteiger partial charge in [0.15, 0.2) is 0 Å². The molecule has 160 valence electrons. The van der Waals surface area contributed by atoms with Crippen LogP contribution in [0.25, 0.3) is 0 Å². The number of nitrogens with one attached hydrogen (secondary N) is 1. The second-order valence-electron chi connectivity index (χ2n) is 7.32. The van der Waals surface area contributed by atoms with Crippen molar-refractivity contribution in [1.29, 1.82) is 0 Å². The van der Waals surface area contributed by atoms with Crippen LogP contribution in [-0.4, -0.2) is 24.8 Å². The van der Waals surface area contributed by atoms with E-state index in [1.54, 1.807) is 48.3 Å². The van der Waals surface area contributed by atoms with E-state index in [1.807, 2.05) is 49.4 Å². The van der Waals surface area contributed by atoms with Crippen LogP contribution in [-0.2, 0) is 9.59 Å². The van der Waals surface area contributed by atoms with E-state index in [0.29, 0.717) is 16.9 Å². The Hall–Kier alpha value is -3.90. The maximum absolute atomic E-state index is 12.9. The molecule has 0 unspecified atom stereocenters. The first kappa shape index (κ1) is 21.3. The Kier molecular flexibility index (Phi) is 5.79. The first-order chi connectivity index (χ1) is 15.4. The summed E-state index contributed by atoms with van der Waals surface area (Å²) in [6.07, 6.45) is 0. The van der Waals surface area contributed by atoms with E-state index in [-0.39, 0.29) is 16.6 Å². The van der Waals surface area contributed by atoms with Crippen LogP contribution in [0.4, 0.5) is 17.1 Å². The molecule has 1 N–H and O–H groups in total. The van der Waals surface area contributed by atoms with Crippen LogP contribution in [0.15, 0.2) is 89.6 Å². The highest BCUT2D eigenvalue weighted by atomic mass is 35.5. The van der Waals surface area contributed by atoms with Gasteiger partial charge in [-0.05, 0) is 55.0 Å². The Morgan fingerprint density at radius 3 is 2.16 bits per heavy atom. The number of imide groups is 1. The number of halogens is 1. The van der Waals surface area contributed by atoms with Crippen molar-refractivity contribution >= 4 is 46.4 Å². The van der Waals surface area contributed by atoms with E-state index < -0.39 is 11.8 Å². The highest BCUT2D eigenvalue weighted by Gasteiger charge is 2.39. The van der Waals surface area contributed by atoms with Crippen molar-refractivity contribution in [2.45, 2.75) is 6.92 Å². The minimum Gasteiger partial charge on any atom is -0.350 e. The number of carbonyl (C=O) groups excluding carboxylic acids is 3. The zero-order valence-electron chi connectivity index (χ0n) is 17.5. The molecule has 0 radical (unpaired) electrons. The lowest BCUT2D eigenvalue weighted by molar-refractivity contribution is -0.120. The first-order valence-corrected chi connectivity index (χ1v) is 10.3. The SMILES string of the molecule is Cc1ccccc1N1C(=O)C(Cl)=C(Nc2ccc(C(=O)N(C)c3ccccc3)cc2)C1=O. The highest BCUT2D eigenvalue weighted by Crippen LogP contribution is 2.31. The van der Waals surface area contributed by atoms with Crippen LogP contribution < -0.4 is 15.1 Å². The normalized spacial score (nSPS) is 13.5. The van der Waals surface area contributed by atoms with Gasteiger partial charge in [-0.15, -0.1) is 0 Å². The van der Waals surface area contributed by atoms with Gasteiger partial charge in [-0.2, -0.15) is 0 Å². The molecule has 1 aliphatic heterocycles. The zero-order valence-corrected chi connectivity index (χ0v) is 18.3. The first-order valence-electron chi connectivity index (χ1n) is 9.93. The highest BCUT2D eigenvalue weighted by molar-refractivity contribution is 6.53. The minimum absolute atomic E-state index is 0.000370. The summed E-state index contributed by atoms with van der Waals surface area (Å²) in [7, 11) is 1.71. The molecule has 0 atom stereocenters. The summed E-state index contributed by atoms with van der Waals surface area (Å²) in [6, 6.07) is 23.0. The van der Waals surface area contributed by atoms with Gasteiger partial charge in [0.25, 0.3) is 17.7 Å². The average molecular weight is 446 g/mol. The quantitative estimate of drug-likeness (QED) is 0.577. The number of anilines is 3. The maximum Gasteiger partial charge on any atom is 0.283 e. The largest absolute Gasteiger partial charge is 0.350 e. The van der Waals surface area contributed by atoms with Gasteiger partial charge in [-0.1, -0.05) is 48.0 Å². The monoisotopic (exact) mass is 445 g/mol. The number of benzene rings is 3. The summed E-state index contributed by atoms with van der Waals surface area (Å²) < 4.78 is 0. The number of hydrogen-bond donors (Lipinski definition) is 1. The number of aryl methyl sites for hydroxylation is 1. The molecule has 3 aromatic rings. The Morgan fingerprint density at radius 1 is 0.875 bits per heavy atom. The molecule has 1 aliphatic rings. The van der Waals surface area contributed by atoms with Crippen LogP contribution >= 0.6 is 11.6 Å². The average Bonchev–Trinajstić information content (AvgIpc) is 3.02. The van der Waals surface area contributed by atoms with Gasteiger partial charge in [-0.25, -0.2) is 4.90 Å². The lowest BCUT2D eigenvalue weighted by Gasteiger charge is -2.18. The van der Waals surface area contributed by atoms with Crippen molar-refractivity contribution in [3.8, 4) is 0 Å². The number of amides is 3. The fraction of sp³-hybridized carbons (Fsp3) is 0.0800. The Morgan fingerprint density at radius 2 is 1.50 bits per heavy atom. The standard InChI is InChI=1S/C25H20ClN3O3/c1-16-8-6-7-11-20(16)29-24(31)21(26)22(25(29)32)27-18-14-12-17(13-15-18)23(30)28(2)19-9-4-3-5-10-19/h3-15,27H,1-2H3. The molecule has 0 spiro atoms. The third-order valence-electron chi connectivity index (χ3n) is 5.23. The van der Waals surface area contributed by atoms with Gasteiger partial charge in [0.1, 0.15) is 10.7 Å². The molecule has 0 aromatic heterocycles. The molecule has 6 nitrogen and oxygen atoms in total. The van der Waals surface area contributed by atoms with E-state index in [0.717, 1.165) is 16.2 Å². The number of hydrogen-bond acceptors (Lipinski definition) is 4. The van der Waals surface area contributed by atoms with E-state index in [1.165, 1.54) is 0 Å². The Labute approximate surface area is 190 Å². The molecule has 0 saturated carbocycles. The van der Waals surface area contributed by atoms with Crippen LogP contribution in [0.2, 0.25) is 0 Å². The summed E-state index contributed by atoms with van der Waals surface area (Å²) in [5, 5.41) is 2.75. The van der Waals surface area contributed by atoms with Gasteiger partial charge in [-0.3, -0.25) is 14.4 Å². The van der Waals surface area contributed by atoms with E-state index >= 15 is 0 Å². The molecule has 3 amide bonds. The van der Waals surface area contributed by atoms with Crippen molar-refractivity contribution in [2.75, 3.05) is 22.2 Å². The molecular weight excluding hydrogens is 426 g/mol. The van der Waals surface area contributed by atoms with Gasteiger partial charge >= 0.3 is 0 Å². The van der Waals surface area contributed by atoms with Crippen LogP contribution in [0, 0.1) is 6.92 Å². The number of para-hydroxylation sites is 2. The fourth-order valence-electron chi connectivity index (χ4n) is 3.45. The number of carbonyl (C=O) groups is 3. The number of rotatable bonds is 5. The van der Waals surface area contributed by atoms with Crippen LogP contribution in [0.3, 0.4) is 0 Å². The van der Waals surface area contributed by atoms with E-state index in [9.17, 15) is 14.4 Å². The predicted molar refractivity (Wildman–Crippen MR) is 126 cm³/mol. The molecular formula is C25H20ClN3O3. The Bertz CT molecular complexity index is 1240. The molecule has 32 heavy (non-hydrogen) atoms. The molecule has 0 aliphatic carbocycles. The van der Waals surface area contributed by atoms with Crippen molar-refractivity contribution < 1.29 is 14.4 Å². The second-order valence-corrected chi connectivity index (χ2v) is 7.70. The maximum atomic E-state index is 12.9. The Balaban J connectivity index is 1.52. The fourth-order valence-corrected chi connectivity index (χ4v) is 3.66. The molecule has 0 bridgehead atoms. The summed E-state index contributed by atoms with van der Waals surface area (Å²) in [5.74, 6) is -1.28. The minimum atomic E-state index is -0.579. The van der Waals surface area contributed by atoms with Crippen LogP contribution in [0.5, 0.6) is 0 Å². The second kappa shape index (κ2) is 8.69. The predicted octanol–water partition coefficient (Wildman–Crippen LogP) is 4.71. The molecule has 1 heterocycles. The summed E-state index contributed by atoms with van der Waals surface area (Å²) >= 11 is 6.21. The summed E-state index contributed by atoms with van der Waals surface area (Å²) in [4.78, 5) is 41.0. The topological polar surface area (TPSA) is 69.7 Å². The zero-order chi connectivity index (χ0) is 22.8. The van der Waals surface area contributed by atoms with E-state index in [4.69, 9.17) is 11.6 Å². The van der Waals surface area contributed by atoms with Crippen LogP contribution in [0.1, 0.15) is 15.9 Å². The van der Waals surface area contributed by atoms with Crippen molar-refractivity contribution in [3.05, 3.63) is 101 Å². The summed E-state index contributed by atoms with van der Waals surface area (Å²) in [5.41, 5.74) is 3.07. The number of nitrogens with zero attached hydrogens (tertiary/aromatic N) is 2. The third kappa shape index (κ3) is 3.88. The van der Waals surface area contributed by atoms with Gasteiger partial charge in [0.05, 0.1) is 5.69 Å². The van der Waals surface area contributed by atoms with Gasteiger partial charge < -0.3 is 10.2 Å². The molecule has 0 saturated heterocycles. The third-order valence-corrected chi connectivity index (χ3v) is 5.58. The molecule has 4 rings (SSSR count). The lowest BCUT2D eigenvalue weighted by atomic mass is 10.1. The lowest BCUT2D eigenvalue weighted by Crippen LogP contribution is -2.32. The van der Waals surface area contributed by atoms with Gasteiger partial charge in [0.2, 0.25) is 0 Å². The van der Waals surface area contributed by atoms with E-state index in [2.05, 4.69) is 5.32 Å². The molecule has 0 fully saturated rings. The van der Waals surface area contributed by atoms with Gasteiger partial charge in [0, 0.05) is 24.0 Å². The molecule has 7 heteroatoms.